The fourth-order valence-electron chi connectivity index (χ4n) is 3.03. The minimum absolute atomic E-state index is 0.00858. The van der Waals surface area contributed by atoms with Crippen LogP contribution in [0.1, 0.15) is 57.2 Å². The number of benzene rings is 1. The van der Waals surface area contributed by atoms with Crippen molar-refractivity contribution in [3.05, 3.63) is 28.8 Å². The molecule has 1 aromatic carbocycles. The van der Waals surface area contributed by atoms with E-state index in [1.807, 2.05) is 0 Å². The Balaban J connectivity index is 2.67. The van der Waals surface area contributed by atoms with Crippen molar-refractivity contribution in [3.63, 3.8) is 0 Å². The van der Waals surface area contributed by atoms with E-state index >= 15 is 0 Å². The van der Waals surface area contributed by atoms with Crippen LogP contribution in [-0.4, -0.2) is 11.4 Å². The maximum atomic E-state index is 10.7. The van der Waals surface area contributed by atoms with E-state index in [-0.39, 0.29) is 10.8 Å². The number of fused-ring (bicyclic) bond motifs is 1. The molecular weight excluding hydrogens is 224 g/mol. The molecule has 0 heterocycles. The molecule has 1 aliphatic carbocycles. The van der Waals surface area contributed by atoms with E-state index < -0.39 is 0 Å². The molecule has 1 aromatic rings. The molecule has 2 heteroatoms. The Kier molecular flexibility index (Phi) is 3.00. The van der Waals surface area contributed by atoms with Gasteiger partial charge in [0, 0.05) is 12.0 Å². The van der Waals surface area contributed by atoms with E-state index in [1.54, 1.807) is 6.07 Å². The molecule has 0 bridgehead atoms. The topological polar surface area (TPSA) is 37.3 Å². The highest BCUT2D eigenvalue weighted by Crippen LogP contribution is 2.49. The fraction of sp³-hybridized carbons (Fsp3) is 0.562. The monoisotopic (exact) mass is 246 g/mol. The van der Waals surface area contributed by atoms with Crippen molar-refractivity contribution in [2.45, 2.75) is 57.8 Å². The third kappa shape index (κ3) is 2.05. The Bertz CT molecular complexity index is 484. The van der Waals surface area contributed by atoms with Crippen LogP contribution in [0.3, 0.4) is 0 Å². The predicted molar refractivity (Wildman–Crippen MR) is 73.2 cm³/mol. The molecule has 0 aliphatic heterocycles. The number of rotatable bonds is 2. The standard InChI is InChI=1S/C16H22O2/c1-15(2)6-7-16(3,4)14-12(15)9-11(5-8-17)10-13(14)18/h8-10,18H,5-7H2,1-4H3. The van der Waals surface area contributed by atoms with Crippen LogP contribution in [0, 0.1) is 0 Å². The molecule has 98 valence electrons. The van der Waals surface area contributed by atoms with Crippen molar-refractivity contribution in [2.75, 3.05) is 0 Å². The van der Waals surface area contributed by atoms with Gasteiger partial charge in [0.05, 0.1) is 0 Å². The van der Waals surface area contributed by atoms with Gasteiger partial charge in [0.15, 0.2) is 0 Å². The number of hydrogen-bond acceptors (Lipinski definition) is 2. The summed E-state index contributed by atoms with van der Waals surface area (Å²) in [6.45, 7) is 8.79. The molecule has 18 heavy (non-hydrogen) atoms. The van der Waals surface area contributed by atoms with Crippen LogP contribution in [-0.2, 0) is 22.0 Å². The molecule has 0 radical (unpaired) electrons. The molecule has 0 saturated heterocycles. The Morgan fingerprint density at radius 2 is 1.78 bits per heavy atom. The van der Waals surface area contributed by atoms with Crippen LogP contribution in [0.25, 0.3) is 0 Å². The molecule has 0 fully saturated rings. The highest BCUT2D eigenvalue weighted by Gasteiger charge is 2.39. The Morgan fingerprint density at radius 3 is 2.39 bits per heavy atom. The fourth-order valence-corrected chi connectivity index (χ4v) is 3.03. The summed E-state index contributed by atoms with van der Waals surface area (Å²) in [5, 5.41) is 10.3. The Labute approximate surface area is 109 Å². The lowest BCUT2D eigenvalue weighted by Crippen LogP contribution is -2.34. The van der Waals surface area contributed by atoms with Crippen LogP contribution < -0.4 is 0 Å². The first-order chi connectivity index (χ1) is 8.28. The van der Waals surface area contributed by atoms with E-state index in [0.29, 0.717) is 12.2 Å². The second-order valence-electron chi connectivity index (χ2n) is 6.68. The summed E-state index contributed by atoms with van der Waals surface area (Å²) in [6, 6.07) is 3.85. The third-order valence-corrected chi connectivity index (χ3v) is 4.28. The smallest absolute Gasteiger partial charge is 0.124 e. The van der Waals surface area contributed by atoms with Gasteiger partial charge in [-0.1, -0.05) is 33.8 Å². The molecule has 0 amide bonds. The zero-order valence-corrected chi connectivity index (χ0v) is 11.7. The van der Waals surface area contributed by atoms with E-state index in [9.17, 15) is 9.90 Å². The lowest BCUT2D eigenvalue weighted by Gasteiger charge is -2.42. The van der Waals surface area contributed by atoms with E-state index in [4.69, 9.17) is 0 Å². The lowest BCUT2D eigenvalue weighted by atomic mass is 9.62. The number of phenolic OH excluding ortho intramolecular Hbond substituents is 1. The van der Waals surface area contributed by atoms with Gasteiger partial charge in [-0.25, -0.2) is 0 Å². The first kappa shape index (κ1) is 13.1. The van der Waals surface area contributed by atoms with E-state index in [2.05, 4.69) is 33.8 Å². The van der Waals surface area contributed by atoms with Gasteiger partial charge in [0.25, 0.3) is 0 Å². The molecule has 0 atom stereocenters. The number of carbonyl (C=O) groups is 1. The van der Waals surface area contributed by atoms with E-state index in [0.717, 1.165) is 30.3 Å². The van der Waals surface area contributed by atoms with Crippen molar-refractivity contribution in [1.82, 2.24) is 0 Å². The maximum Gasteiger partial charge on any atom is 0.124 e. The molecule has 2 nitrogen and oxygen atoms in total. The SMILES string of the molecule is CC1(C)CCC(C)(C)c2c(O)cc(CC=O)cc21. The van der Waals surface area contributed by atoms with Crippen molar-refractivity contribution in [1.29, 1.82) is 0 Å². The molecule has 2 rings (SSSR count). The summed E-state index contributed by atoms with van der Waals surface area (Å²) in [5.41, 5.74) is 3.26. The first-order valence-corrected chi connectivity index (χ1v) is 6.58. The maximum absolute atomic E-state index is 10.7. The van der Waals surface area contributed by atoms with Crippen LogP contribution in [0.2, 0.25) is 0 Å². The zero-order valence-electron chi connectivity index (χ0n) is 11.7. The lowest BCUT2D eigenvalue weighted by molar-refractivity contribution is -0.107. The number of hydrogen-bond donors (Lipinski definition) is 1. The van der Waals surface area contributed by atoms with Crippen molar-refractivity contribution in [2.24, 2.45) is 0 Å². The van der Waals surface area contributed by atoms with Crippen molar-refractivity contribution < 1.29 is 9.90 Å². The molecule has 0 spiro atoms. The van der Waals surface area contributed by atoms with Gasteiger partial charge < -0.3 is 9.90 Å². The second-order valence-corrected chi connectivity index (χ2v) is 6.68. The number of phenols is 1. The van der Waals surface area contributed by atoms with Gasteiger partial charge in [0.2, 0.25) is 0 Å². The molecule has 0 saturated carbocycles. The minimum Gasteiger partial charge on any atom is -0.508 e. The number of aromatic hydroxyl groups is 1. The average molecular weight is 246 g/mol. The van der Waals surface area contributed by atoms with E-state index in [1.165, 1.54) is 5.56 Å². The summed E-state index contributed by atoms with van der Waals surface area (Å²) in [5.74, 6) is 0.349. The summed E-state index contributed by atoms with van der Waals surface area (Å²) in [4.78, 5) is 10.7. The Morgan fingerprint density at radius 1 is 1.17 bits per heavy atom. The minimum atomic E-state index is 0.00858. The van der Waals surface area contributed by atoms with Crippen LogP contribution in [0.5, 0.6) is 5.75 Å². The summed E-state index contributed by atoms with van der Waals surface area (Å²) in [6.07, 6.45) is 3.45. The van der Waals surface area contributed by atoms with Gasteiger partial charge in [-0.3, -0.25) is 0 Å². The predicted octanol–water partition coefficient (Wildman–Crippen LogP) is 3.48. The molecule has 1 aliphatic rings. The third-order valence-electron chi connectivity index (χ3n) is 4.28. The first-order valence-electron chi connectivity index (χ1n) is 6.58. The highest BCUT2D eigenvalue weighted by atomic mass is 16.3. The van der Waals surface area contributed by atoms with Crippen molar-refractivity contribution >= 4 is 6.29 Å². The molecule has 0 unspecified atom stereocenters. The van der Waals surface area contributed by atoms with Crippen LogP contribution >= 0.6 is 0 Å². The Hall–Kier alpha value is -1.31. The number of carbonyl (C=O) groups excluding carboxylic acids is 1. The van der Waals surface area contributed by atoms with Crippen molar-refractivity contribution in [3.8, 4) is 5.75 Å². The zero-order chi connectivity index (χ0) is 13.6. The van der Waals surface area contributed by atoms with Crippen LogP contribution in [0.4, 0.5) is 0 Å². The van der Waals surface area contributed by atoms with Gasteiger partial charge in [-0.15, -0.1) is 0 Å². The second kappa shape index (κ2) is 4.11. The summed E-state index contributed by atoms with van der Waals surface area (Å²) < 4.78 is 0. The molecule has 0 aromatic heterocycles. The van der Waals surface area contributed by atoms with Gasteiger partial charge in [0.1, 0.15) is 12.0 Å². The summed E-state index contributed by atoms with van der Waals surface area (Å²) >= 11 is 0. The van der Waals surface area contributed by atoms with Gasteiger partial charge >= 0.3 is 0 Å². The van der Waals surface area contributed by atoms with Gasteiger partial charge in [-0.05, 0) is 40.9 Å². The quantitative estimate of drug-likeness (QED) is 0.811. The average Bonchev–Trinajstić information content (AvgIpc) is 2.24. The largest absolute Gasteiger partial charge is 0.508 e. The number of aldehydes is 1. The molecular formula is C16H22O2. The van der Waals surface area contributed by atoms with Gasteiger partial charge in [-0.2, -0.15) is 0 Å². The summed E-state index contributed by atoms with van der Waals surface area (Å²) in [7, 11) is 0. The normalized spacial score (nSPS) is 20.2. The molecule has 1 N–H and O–H groups in total. The highest BCUT2D eigenvalue weighted by molar-refractivity contribution is 5.59. The van der Waals surface area contributed by atoms with Crippen LogP contribution in [0.15, 0.2) is 12.1 Å².